The van der Waals surface area contributed by atoms with Gasteiger partial charge in [0.1, 0.15) is 35.3 Å². The average Bonchev–Trinajstić information content (AvgIpc) is 2.82. The molecule has 2 aromatic rings. The van der Waals surface area contributed by atoms with Gasteiger partial charge in [-0.2, -0.15) is 0 Å². The molecule has 0 radical (unpaired) electrons. The van der Waals surface area contributed by atoms with E-state index in [4.69, 9.17) is 36.3 Å². The third kappa shape index (κ3) is 4.98. The van der Waals surface area contributed by atoms with Crippen molar-refractivity contribution >= 4 is 23.4 Å². The predicted octanol–water partition coefficient (Wildman–Crippen LogP) is 4.92. The quantitative estimate of drug-likeness (QED) is 0.538. The monoisotopic (exact) mass is 501 g/mol. The van der Waals surface area contributed by atoms with Crippen LogP contribution in [0.15, 0.2) is 59.2 Å². The van der Waals surface area contributed by atoms with Crippen LogP contribution in [0.5, 0.6) is 11.5 Å². The first-order valence-electron chi connectivity index (χ1n) is 11.2. The SMILES string of the molecule is CCOC(=O)C1=C(N)OC2=C(C(=O)CCC2)[C@H]1c1ccc(OC)c(COc2ccc(F)cc2Cl)c1. The molecule has 1 atom stereocenters. The van der Waals surface area contributed by atoms with E-state index in [1.54, 1.807) is 25.1 Å². The zero-order valence-electron chi connectivity index (χ0n) is 19.4. The average molecular weight is 502 g/mol. The summed E-state index contributed by atoms with van der Waals surface area (Å²) < 4.78 is 35.6. The summed E-state index contributed by atoms with van der Waals surface area (Å²) in [6, 6.07) is 9.12. The molecular formula is C26H25ClFNO6. The molecule has 0 saturated carbocycles. The van der Waals surface area contributed by atoms with Gasteiger partial charge in [-0.05, 0) is 49.2 Å². The Hall–Kier alpha value is -3.52. The minimum atomic E-state index is -0.760. The summed E-state index contributed by atoms with van der Waals surface area (Å²) in [5.41, 5.74) is 7.92. The number of allylic oxidation sites excluding steroid dienone is 2. The molecule has 4 rings (SSSR count). The van der Waals surface area contributed by atoms with Crippen molar-refractivity contribution in [1.29, 1.82) is 0 Å². The summed E-state index contributed by atoms with van der Waals surface area (Å²) in [5, 5.41) is 0.132. The van der Waals surface area contributed by atoms with Gasteiger partial charge >= 0.3 is 5.97 Å². The van der Waals surface area contributed by atoms with Crippen LogP contribution in [-0.4, -0.2) is 25.5 Å². The van der Waals surface area contributed by atoms with Gasteiger partial charge in [-0.3, -0.25) is 4.79 Å². The van der Waals surface area contributed by atoms with Gasteiger partial charge in [0, 0.05) is 24.0 Å². The summed E-state index contributed by atoms with van der Waals surface area (Å²) in [4.78, 5) is 25.9. The van der Waals surface area contributed by atoms with Crippen LogP contribution in [0.2, 0.25) is 5.02 Å². The third-order valence-electron chi connectivity index (χ3n) is 5.89. The fourth-order valence-corrected chi connectivity index (χ4v) is 4.56. The first-order valence-corrected chi connectivity index (χ1v) is 11.6. The van der Waals surface area contributed by atoms with Gasteiger partial charge in [-0.15, -0.1) is 0 Å². The van der Waals surface area contributed by atoms with E-state index in [9.17, 15) is 14.0 Å². The van der Waals surface area contributed by atoms with Crippen LogP contribution in [0.4, 0.5) is 4.39 Å². The van der Waals surface area contributed by atoms with E-state index in [1.807, 2.05) is 0 Å². The molecule has 1 heterocycles. The van der Waals surface area contributed by atoms with Gasteiger partial charge in [0.2, 0.25) is 5.88 Å². The molecule has 2 aliphatic rings. The number of Topliss-reactive ketones (excluding diaryl/α,β-unsaturated/α-hetero) is 1. The number of esters is 1. The molecule has 0 aromatic heterocycles. The number of ketones is 1. The maximum absolute atomic E-state index is 13.4. The molecule has 2 N–H and O–H groups in total. The molecule has 0 spiro atoms. The molecule has 7 nitrogen and oxygen atoms in total. The minimum absolute atomic E-state index is 0.0410. The Labute approximate surface area is 207 Å². The normalized spacial score (nSPS) is 17.6. The first kappa shape index (κ1) is 24.6. The van der Waals surface area contributed by atoms with Crippen LogP contribution in [0.25, 0.3) is 0 Å². The topological polar surface area (TPSA) is 97.1 Å². The van der Waals surface area contributed by atoms with Crippen molar-refractivity contribution in [3.8, 4) is 11.5 Å². The molecule has 0 bridgehead atoms. The summed E-state index contributed by atoms with van der Waals surface area (Å²) in [7, 11) is 1.52. The van der Waals surface area contributed by atoms with Crippen molar-refractivity contribution in [1.82, 2.24) is 0 Å². The maximum Gasteiger partial charge on any atom is 0.340 e. The molecule has 9 heteroatoms. The van der Waals surface area contributed by atoms with Gasteiger partial charge in [0.15, 0.2) is 5.78 Å². The molecule has 0 fully saturated rings. The molecule has 2 aromatic carbocycles. The smallest absolute Gasteiger partial charge is 0.340 e. The van der Waals surface area contributed by atoms with Crippen molar-refractivity contribution in [3.05, 3.63) is 81.2 Å². The molecule has 184 valence electrons. The van der Waals surface area contributed by atoms with Gasteiger partial charge < -0.3 is 24.7 Å². The van der Waals surface area contributed by atoms with Gasteiger partial charge in [-0.25, -0.2) is 9.18 Å². The number of carbonyl (C=O) groups excluding carboxylic acids is 2. The fourth-order valence-electron chi connectivity index (χ4n) is 4.34. The molecule has 1 aliphatic carbocycles. The van der Waals surface area contributed by atoms with Crippen LogP contribution in [0.1, 0.15) is 43.2 Å². The molecule has 35 heavy (non-hydrogen) atoms. The maximum atomic E-state index is 13.4. The van der Waals surface area contributed by atoms with Crippen molar-refractivity contribution in [2.24, 2.45) is 5.73 Å². The van der Waals surface area contributed by atoms with Gasteiger partial charge in [-0.1, -0.05) is 17.7 Å². The molecule has 1 aliphatic heterocycles. The van der Waals surface area contributed by atoms with E-state index in [-0.39, 0.29) is 35.5 Å². The van der Waals surface area contributed by atoms with E-state index in [0.717, 1.165) is 6.07 Å². The summed E-state index contributed by atoms with van der Waals surface area (Å²) in [6.45, 7) is 1.87. The van der Waals surface area contributed by atoms with E-state index >= 15 is 0 Å². The number of hydrogen-bond acceptors (Lipinski definition) is 7. The Morgan fingerprint density at radius 3 is 2.69 bits per heavy atom. The van der Waals surface area contributed by atoms with Gasteiger partial charge in [0.25, 0.3) is 0 Å². The molecule has 0 amide bonds. The predicted molar refractivity (Wildman–Crippen MR) is 126 cm³/mol. The summed E-state index contributed by atoms with van der Waals surface area (Å²) in [5.74, 6) is -0.752. The highest BCUT2D eigenvalue weighted by Crippen LogP contribution is 2.45. The van der Waals surface area contributed by atoms with Crippen molar-refractivity contribution in [2.75, 3.05) is 13.7 Å². The zero-order chi connectivity index (χ0) is 25.1. The number of ether oxygens (including phenoxy) is 4. The number of methoxy groups -OCH3 is 1. The van der Waals surface area contributed by atoms with Gasteiger partial charge in [0.05, 0.1) is 24.7 Å². The minimum Gasteiger partial charge on any atom is -0.496 e. The first-order chi connectivity index (χ1) is 16.8. The standard InChI is InChI=1S/C26H25ClFNO6/c1-3-33-26(31)24-22(23-18(30)5-4-6-21(23)35-25(24)29)14-7-9-19(32-2)15(11-14)13-34-20-10-8-16(28)12-17(20)27/h7-12,22H,3-6,13,29H2,1-2H3/t22-/m1/s1. The van der Waals surface area contributed by atoms with Crippen molar-refractivity contribution in [3.63, 3.8) is 0 Å². The molecule has 0 unspecified atom stereocenters. The highest BCUT2D eigenvalue weighted by molar-refractivity contribution is 6.32. The third-order valence-corrected chi connectivity index (χ3v) is 6.19. The number of nitrogens with two attached hydrogens (primary N) is 1. The lowest BCUT2D eigenvalue weighted by Crippen LogP contribution is -2.31. The Balaban J connectivity index is 1.76. The molecular weight excluding hydrogens is 477 g/mol. The van der Waals surface area contributed by atoms with Crippen molar-refractivity contribution < 1.29 is 32.9 Å². The largest absolute Gasteiger partial charge is 0.496 e. The Kier molecular flexibility index (Phi) is 7.31. The number of rotatable bonds is 7. The zero-order valence-corrected chi connectivity index (χ0v) is 20.1. The van der Waals surface area contributed by atoms with Crippen LogP contribution in [-0.2, 0) is 25.7 Å². The number of carbonyl (C=O) groups is 2. The van der Waals surface area contributed by atoms with E-state index in [0.29, 0.717) is 53.2 Å². The Morgan fingerprint density at radius 1 is 1.20 bits per heavy atom. The number of hydrogen-bond donors (Lipinski definition) is 1. The van der Waals surface area contributed by atoms with Crippen LogP contribution >= 0.6 is 11.6 Å². The lowest BCUT2D eigenvalue weighted by atomic mass is 9.77. The Morgan fingerprint density at radius 2 is 1.97 bits per heavy atom. The summed E-state index contributed by atoms with van der Waals surface area (Å²) in [6.07, 6.45) is 1.54. The number of benzene rings is 2. The lowest BCUT2D eigenvalue weighted by molar-refractivity contribution is -0.139. The highest BCUT2D eigenvalue weighted by atomic mass is 35.5. The highest BCUT2D eigenvalue weighted by Gasteiger charge is 2.41. The van der Waals surface area contributed by atoms with E-state index in [2.05, 4.69) is 0 Å². The van der Waals surface area contributed by atoms with E-state index < -0.39 is 17.7 Å². The second kappa shape index (κ2) is 10.4. The Bertz CT molecular complexity index is 1240. The summed E-state index contributed by atoms with van der Waals surface area (Å²) >= 11 is 6.09. The number of halogens is 2. The second-order valence-electron chi connectivity index (χ2n) is 8.08. The van der Waals surface area contributed by atoms with Crippen LogP contribution < -0.4 is 15.2 Å². The van der Waals surface area contributed by atoms with E-state index in [1.165, 1.54) is 19.2 Å². The second-order valence-corrected chi connectivity index (χ2v) is 8.49. The fraction of sp³-hybridized carbons (Fsp3) is 0.308. The van der Waals surface area contributed by atoms with Crippen LogP contribution in [0, 0.1) is 5.82 Å². The molecule has 0 saturated heterocycles. The van der Waals surface area contributed by atoms with Crippen molar-refractivity contribution in [2.45, 2.75) is 38.7 Å². The van der Waals surface area contributed by atoms with Crippen LogP contribution in [0.3, 0.4) is 0 Å². The lowest BCUT2D eigenvalue weighted by Gasteiger charge is -2.32.